The molecule has 0 spiro atoms. The Kier molecular flexibility index (Phi) is 4.61. The Morgan fingerprint density at radius 2 is 2.00 bits per heavy atom. The molecule has 0 aliphatic carbocycles. The van der Waals surface area contributed by atoms with E-state index in [0.717, 1.165) is 16.3 Å². The fourth-order valence-corrected chi connectivity index (χ4v) is 2.90. The van der Waals surface area contributed by atoms with Crippen molar-refractivity contribution in [3.63, 3.8) is 0 Å². The third kappa shape index (κ3) is 3.46. The highest BCUT2D eigenvalue weighted by Gasteiger charge is 2.21. The molecule has 1 aromatic carbocycles. The summed E-state index contributed by atoms with van der Waals surface area (Å²) >= 11 is 1.43. The van der Waals surface area contributed by atoms with Crippen LogP contribution in [0.5, 0.6) is 5.75 Å². The largest absolute Gasteiger partial charge is 0.489 e. The van der Waals surface area contributed by atoms with E-state index in [-0.39, 0.29) is 18.2 Å². The van der Waals surface area contributed by atoms with Crippen LogP contribution in [0.3, 0.4) is 0 Å². The van der Waals surface area contributed by atoms with Crippen LogP contribution in [-0.2, 0) is 6.61 Å². The fourth-order valence-electron chi connectivity index (χ4n) is 2.09. The fraction of sp³-hybridized carbons (Fsp3) is 0.235. The summed E-state index contributed by atoms with van der Waals surface area (Å²) in [6.45, 7) is 5.83. The number of benzene rings is 1. The molecule has 3 aromatic rings. The molecule has 0 aliphatic rings. The van der Waals surface area contributed by atoms with Crippen LogP contribution in [0.15, 0.2) is 34.9 Å². The predicted octanol–water partition coefficient (Wildman–Crippen LogP) is 3.89. The highest BCUT2D eigenvalue weighted by atomic mass is 32.1. The molecule has 1 N–H and O–H groups in total. The first-order valence-electron chi connectivity index (χ1n) is 7.43. The lowest BCUT2D eigenvalue weighted by Gasteiger charge is -2.06. The smallest absolute Gasteiger partial charge is 0.280 e. The number of amides is 1. The molecule has 24 heavy (non-hydrogen) atoms. The number of hydrogen-bond donors (Lipinski definition) is 1. The number of nitrogens with zero attached hydrogens (tertiary/aromatic N) is 2. The summed E-state index contributed by atoms with van der Waals surface area (Å²) in [7, 11) is 0. The Labute approximate surface area is 143 Å². The average molecular weight is 343 g/mol. The molecule has 0 unspecified atom stereocenters. The lowest BCUT2D eigenvalue weighted by molar-refractivity contribution is 0.101. The number of para-hydroxylation sites is 1. The van der Waals surface area contributed by atoms with Crippen LogP contribution in [0.1, 0.15) is 32.4 Å². The first kappa shape index (κ1) is 16.2. The van der Waals surface area contributed by atoms with Crippen molar-refractivity contribution >= 4 is 22.4 Å². The number of anilines is 1. The number of carbonyl (C=O) groups is 1. The van der Waals surface area contributed by atoms with Crippen LogP contribution < -0.4 is 10.1 Å². The molecule has 0 fully saturated rings. The molecule has 2 heterocycles. The van der Waals surface area contributed by atoms with E-state index >= 15 is 0 Å². The Morgan fingerprint density at radius 1 is 1.25 bits per heavy atom. The first-order chi connectivity index (χ1) is 11.5. The van der Waals surface area contributed by atoms with Crippen LogP contribution in [0.25, 0.3) is 0 Å². The molecule has 0 aliphatic heterocycles. The van der Waals surface area contributed by atoms with Gasteiger partial charge in [0, 0.05) is 4.88 Å². The Hall–Kier alpha value is -2.67. The molecule has 0 saturated heterocycles. The molecule has 0 saturated carbocycles. The molecule has 3 rings (SSSR count). The molecule has 124 valence electrons. The first-order valence-corrected chi connectivity index (χ1v) is 8.24. The van der Waals surface area contributed by atoms with E-state index < -0.39 is 0 Å². The van der Waals surface area contributed by atoms with Crippen molar-refractivity contribution in [3.8, 4) is 5.75 Å². The Bertz CT molecular complexity index is 836. The van der Waals surface area contributed by atoms with Crippen LogP contribution in [0.4, 0.5) is 5.13 Å². The number of carbonyl (C=O) groups excluding carboxylic acids is 1. The minimum absolute atomic E-state index is 0.206. The van der Waals surface area contributed by atoms with Gasteiger partial charge in [0.05, 0.1) is 11.3 Å². The molecular formula is C17H17N3O3S. The van der Waals surface area contributed by atoms with Crippen LogP contribution in [-0.4, -0.2) is 16.0 Å². The molecule has 0 bridgehead atoms. The van der Waals surface area contributed by atoms with Gasteiger partial charge in [-0.2, -0.15) is 0 Å². The summed E-state index contributed by atoms with van der Waals surface area (Å²) in [5, 5.41) is 7.17. The van der Waals surface area contributed by atoms with Gasteiger partial charge in [0.2, 0.25) is 0 Å². The van der Waals surface area contributed by atoms with E-state index in [1.54, 1.807) is 6.92 Å². The summed E-state index contributed by atoms with van der Waals surface area (Å²) < 4.78 is 10.9. The average Bonchev–Trinajstić information content (AvgIpc) is 3.09. The topological polar surface area (TPSA) is 77.3 Å². The van der Waals surface area contributed by atoms with Gasteiger partial charge < -0.3 is 9.26 Å². The minimum Gasteiger partial charge on any atom is -0.489 e. The molecule has 6 nitrogen and oxygen atoms in total. The summed E-state index contributed by atoms with van der Waals surface area (Å²) in [4.78, 5) is 17.8. The zero-order valence-electron chi connectivity index (χ0n) is 13.6. The van der Waals surface area contributed by atoms with E-state index in [1.165, 1.54) is 11.3 Å². The van der Waals surface area contributed by atoms with Crippen molar-refractivity contribution in [2.45, 2.75) is 27.4 Å². The van der Waals surface area contributed by atoms with Crippen molar-refractivity contribution in [1.29, 1.82) is 0 Å². The van der Waals surface area contributed by atoms with Gasteiger partial charge in [-0.15, -0.1) is 11.3 Å². The van der Waals surface area contributed by atoms with Gasteiger partial charge in [0.1, 0.15) is 18.1 Å². The number of nitrogens with one attached hydrogen (secondary N) is 1. The highest BCUT2D eigenvalue weighted by Crippen LogP contribution is 2.23. The maximum absolute atomic E-state index is 12.5. The molecule has 7 heteroatoms. The second-order valence-electron chi connectivity index (χ2n) is 5.28. The lowest BCUT2D eigenvalue weighted by atomic mass is 10.2. The third-order valence-corrected chi connectivity index (χ3v) is 4.56. The third-order valence-electron chi connectivity index (χ3n) is 3.58. The second kappa shape index (κ2) is 6.84. The molecule has 1 amide bonds. The van der Waals surface area contributed by atoms with Crippen LogP contribution >= 0.6 is 11.3 Å². The van der Waals surface area contributed by atoms with Gasteiger partial charge in [0.15, 0.2) is 10.8 Å². The van der Waals surface area contributed by atoms with E-state index in [2.05, 4.69) is 15.5 Å². The van der Waals surface area contributed by atoms with E-state index in [9.17, 15) is 4.79 Å². The quantitative estimate of drug-likeness (QED) is 0.760. The molecular weight excluding hydrogens is 326 g/mol. The summed E-state index contributed by atoms with van der Waals surface area (Å²) in [6, 6.07) is 9.38. The summed E-state index contributed by atoms with van der Waals surface area (Å²) in [6.07, 6.45) is 0. The van der Waals surface area contributed by atoms with Crippen molar-refractivity contribution in [3.05, 3.63) is 57.9 Å². The zero-order chi connectivity index (χ0) is 17.1. The Morgan fingerprint density at radius 3 is 2.67 bits per heavy atom. The van der Waals surface area contributed by atoms with Crippen LogP contribution in [0.2, 0.25) is 0 Å². The predicted molar refractivity (Wildman–Crippen MR) is 91.6 cm³/mol. The molecule has 2 aromatic heterocycles. The van der Waals surface area contributed by atoms with Crippen molar-refractivity contribution < 1.29 is 14.1 Å². The lowest BCUT2D eigenvalue weighted by Crippen LogP contribution is -2.15. The van der Waals surface area contributed by atoms with E-state index in [0.29, 0.717) is 16.5 Å². The van der Waals surface area contributed by atoms with Gasteiger partial charge in [-0.25, -0.2) is 4.98 Å². The van der Waals surface area contributed by atoms with Crippen molar-refractivity contribution in [1.82, 2.24) is 10.1 Å². The summed E-state index contributed by atoms with van der Waals surface area (Å²) in [5.41, 5.74) is 1.74. The Balaban J connectivity index is 1.75. The number of ether oxygens (including phenoxy) is 1. The van der Waals surface area contributed by atoms with E-state index in [1.807, 2.05) is 44.2 Å². The molecule has 0 atom stereocenters. The van der Waals surface area contributed by atoms with Crippen LogP contribution in [0, 0.1) is 20.8 Å². The number of rotatable bonds is 5. The highest BCUT2D eigenvalue weighted by molar-refractivity contribution is 7.15. The van der Waals surface area contributed by atoms with Crippen molar-refractivity contribution in [2.24, 2.45) is 0 Å². The van der Waals surface area contributed by atoms with Crippen molar-refractivity contribution in [2.75, 3.05) is 5.32 Å². The second-order valence-corrected chi connectivity index (χ2v) is 6.49. The number of thiazole rings is 1. The maximum Gasteiger partial charge on any atom is 0.280 e. The zero-order valence-corrected chi connectivity index (χ0v) is 14.4. The number of aryl methyl sites for hydroxylation is 3. The number of aromatic nitrogens is 2. The summed E-state index contributed by atoms with van der Waals surface area (Å²) in [5.74, 6) is 0.922. The van der Waals surface area contributed by atoms with Gasteiger partial charge in [-0.3, -0.25) is 10.1 Å². The van der Waals surface area contributed by atoms with Gasteiger partial charge in [-0.1, -0.05) is 23.4 Å². The normalized spacial score (nSPS) is 10.6. The minimum atomic E-state index is -0.354. The monoisotopic (exact) mass is 343 g/mol. The van der Waals surface area contributed by atoms with Gasteiger partial charge in [0.25, 0.3) is 5.91 Å². The van der Waals surface area contributed by atoms with Gasteiger partial charge in [-0.05, 0) is 32.9 Å². The maximum atomic E-state index is 12.5. The SMILES string of the molecule is Cc1nc(NC(=O)c2noc(C)c2COc2ccccc2)sc1C. The van der Waals surface area contributed by atoms with Gasteiger partial charge >= 0.3 is 0 Å². The standard InChI is InChI=1S/C17H17N3O3S/c1-10-12(3)24-17(18-10)19-16(21)15-14(11(2)23-20-15)9-22-13-7-5-4-6-8-13/h4-8H,9H2,1-3H3,(H,18,19,21). The van der Waals surface area contributed by atoms with E-state index in [4.69, 9.17) is 9.26 Å². The number of hydrogen-bond acceptors (Lipinski definition) is 6. The molecule has 0 radical (unpaired) electrons.